The molecule has 1 N–H and O–H groups in total. The average Bonchev–Trinajstić information content (AvgIpc) is 2.29. The van der Waals surface area contributed by atoms with Gasteiger partial charge >= 0.3 is 5.97 Å². The first-order chi connectivity index (χ1) is 8.45. The van der Waals surface area contributed by atoms with Gasteiger partial charge in [-0.15, -0.1) is 0 Å². The number of carboxylic acids is 1. The van der Waals surface area contributed by atoms with E-state index in [1.807, 2.05) is 19.9 Å². The van der Waals surface area contributed by atoms with Crippen LogP contribution in [0.25, 0.3) is 0 Å². The van der Waals surface area contributed by atoms with Gasteiger partial charge in [-0.2, -0.15) is 0 Å². The topological polar surface area (TPSA) is 55.8 Å². The number of methoxy groups -OCH3 is 1. The lowest BCUT2D eigenvalue weighted by molar-refractivity contribution is 0.0687. The maximum absolute atomic E-state index is 11.2. The van der Waals surface area contributed by atoms with Crippen LogP contribution in [-0.2, 0) is 4.74 Å². The number of hydrogen-bond donors (Lipinski definition) is 1. The van der Waals surface area contributed by atoms with Crippen molar-refractivity contribution in [1.82, 2.24) is 0 Å². The Bertz CT molecular complexity index is 431. The minimum Gasteiger partial charge on any atom is -0.489 e. The normalized spacial score (nSPS) is 12.2. The average molecular weight is 317 g/mol. The fourth-order valence-corrected chi connectivity index (χ4v) is 2.16. The highest BCUT2D eigenvalue weighted by Crippen LogP contribution is 2.29. The van der Waals surface area contributed by atoms with Gasteiger partial charge in [-0.25, -0.2) is 4.79 Å². The van der Waals surface area contributed by atoms with Gasteiger partial charge in [0.25, 0.3) is 0 Å². The summed E-state index contributed by atoms with van der Waals surface area (Å²) in [5, 5.41) is 9.18. The van der Waals surface area contributed by atoms with Crippen molar-refractivity contribution in [3.8, 4) is 5.75 Å². The second-order valence-corrected chi connectivity index (χ2v) is 5.03. The van der Waals surface area contributed by atoms with Crippen molar-refractivity contribution in [3.05, 3.63) is 27.7 Å². The number of hydrogen-bond acceptors (Lipinski definition) is 3. The lowest BCUT2D eigenvalue weighted by Gasteiger charge is -2.18. The first-order valence-corrected chi connectivity index (χ1v) is 6.44. The quantitative estimate of drug-likeness (QED) is 0.875. The van der Waals surface area contributed by atoms with E-state index in [2.05, 4.69) is 15.9 Å². The molecule has 1 atom stereocenters. The smallest absolute Gasteiger partial charge is 0.339 e. The van der Waals surface area contributed by atoms with Gasteiger partial charge in [0.05, 0.1) is 6.10 Å². The summed E-state index contributed by atoms with van der Waals surface area (Å²) in [6, 6.07) is 3.39. The van der Waals surface area contributed by atoms with Gasteiger partial charge in [-0.05, 0) is 31.5 Å². The number of aromatic carboxylic acids is 1. The minimum absolute atomic E-state index is 0.0945. The van der Waals surface area contributed by atoms with E-state index < -0.39 is 5.97 Å². The van der Waals surface area contributed by atoms with Gasteiger partial charge in [-0.1, -0.05) is 15.9 Å². The molecule has 1 aromatic rings. The van der Waals surface area contributed by atoms with E-state index in [0.29, 0.717) is 18.8 Å². The predicted octanol–water partition coefficient (Wildman–Crippen LogP) is 3.26. The van der Waals surface area contributed by atoms with E-state index in [1.54, 1.807) is 13.2 Å². The van der Waals surface area contributed by atoms with Crippen LogP contribution in [0.2, 0.25) is 0 Å². The molecule has 0 spiro atoms. The molecule has 0 aromatic heterocycles. The van der Waals surface area contributed by atoms with E-state index in [9.17, 15) is 9.90 Å². The zero-order valence-corrected chi connectivity index (χ0v) is 12.3. The Morgan fingerprint density at radius 1 is 1.50 bits per heavy atom. The van der Waals surface area contributed by atoms with Crippen molar-refractivity contribution in [2.75, 3.05) is 13.7 Å². The minimum atomic E-state index is -0.992. The maximum atomic E-state index is 11.2. The predicted molar refractivity (Wildman–Crippen MR) is 72.4 cm³/mol. The Kier molecular flexibility index (Phi) is 5.62. The molecule has 0 fully saturated rings. The molecule has 0 saturated carbocycles. The maximum Gasteiger partial charge on any atom is 0.339 e. The summed E-state index contributed by atoms with van der Waals surface area (Å²) < 4.78 is 11.4. The standard InChI is InChI=1S/C13H17BrO4/c1-8-6-10(14)7-11(13(15)16)12(8)18-9(2)4-5-17-3/h6-7,9H,4-5H2,1-3H3,(H,15,16). The lowest BCUT2D eigenvalue weighted by Crippen LogP contribution is -2.17. The van der Waals surface area contributed by atoms with Crippen molar-refractivity contribution < 1.29 is 19.4 Å². The van der Waals surface area contributed by atoms with Crippen LogP contribution in [0.5, 0.6) is 5.75 Å². The van der Waals surface area contributed by atoms with E-state index in [1.165, 1.54) is 0 Å². The highest BCUT2D eigenvalue weighted by molar-refractivity contribution is 9.10. The highest BCUT2D eigenvalue weighted by Gasteiger charge is 2.17. The summed E-state index contributed by atoms with van der Waals surface area (Å²) in [5.41, 5.74) is 0.970. The second kappa shape index (κ2) is 6.75. The number of carbonyl (C=O) groups is 1. The molecule has 5 heteroatoms. The van der Waals surface area contributed by atoms with Gasteiger partial charge in [0.1, 0.15) is 11.3 Å². The second-order valence-electron chi connectivity index (χ2n) is 4.11. The number of halogens is 1. The molecular weight excluding hydrogens is 300 g/mol. The molecule has 0 bridgehead atoms. The zero-order chi connectivity index (χ0) is 13.7. The van der Waals surface area contributed by atoms with Crippen LogP contribution in [0, 0.1) is 6.92 Å². The van der Waals surface area contributed by atoms with Crippen LogP contribution in [0.3, 0.4) is 0 Å². The number of rotatable bonds is 6. The van der Waals surface area contributed by atoms with Crippen molar-refractivity contribution >= 4 is 21.9 Å². The summed E-state index contributed by atoms with van der Waals surface area (Å²) in [5.74, 6) is -0.567. The summed E-state index contributed by atoms with van der Waals surface area (Å²) in [6.45, 7) is 4.31. The van der Waals surface area contributed by atoms with Crippen LogP contribution in [-0.4, -0.2) is 30.9 Å². The molecule has 1 rings (SSSR count). The van der Waals surface area contributed by atoms with Crippen molar-refractivity contribution in [2.45, 2.75) is 26.4 Å². The Morgan fingerprint density at radius 2 is 2.17 bits per heavy atom. The van der Waals surface area contributed by atoms with Crippen LogP contribution in [0.15, 0.2) is 16.6 Å². The Morgan fingerprint density at radius 3 is 2.72 bits per heavy atom. The van der Waals surface area contributed by atoms with Gasteiger partial charge in [-0.3, -0.25) is 0 Å². The molecular formula is C13H17BrO4. The van der Waals surface area contributed by atoms with Crippen LogP contribution < -0.4 is 4.74 Å². The van der Waals surface area contributed by atoms with Crippen molar-refractivity contribution in [1.29, 1.82) is 0 Å². The molecule has 0 saturated heterocycles. The molecule has 0 aliphatic heterocycles. The van der Waals surface area contributed by atoms with E-state index in [0.717, 1.165) is 10.0 Å². The van der Waals surface area contributed by atoms with Crippen molar-refractivity contribution in [3.63, 3.8) is 0 Å². The molecule has 1 aromatic carbocycles. The third kappa shape index (κ3) is 3.99. The van der Waals surface area contributed by atoms with Gasteiger partial charge in [0, 0.05) is 24.6 Å². The van der Waals surface area contributed by atoms with E-state index in [-0.39, 0.29) is 11.7 Å². The molecule has 4 nitrogen and oxygen atoms in total. The van der Waals surface area contributed by atoms with Gasteiger partial charge in [0.2, 0.25) is 0 Å². The number of aryl methyl sites for hydroxylation is 1. The van der Waals surface area contributed by atoms with Crippen LogP contribution in [0.4, 0.5) is 0 Å². The molecule has 0 amide bonds. The summed E-state index contributed by atoms with van der Waals surface area (Å²) in [4.78, 5) is 11.2. The number of ether oxygens (including phenoxy) is 2. The van der Waals surface area contributed by atoms with Gasteiger partial charge < -0.3 is 14.6 Å². The third-order valence-electron chi connectivity index (χ3n) is 2.52. The van der Waals surface area contributed by atoms with E-state index in [4.69, 9.17) is 9.47 Å². The zero-order valence-electron chi connectivity index (χ0n) is 10.7. The monoisotopic (exact) mass is 316 g/mol. The fraction of sp³-hybridized carbons (Fsp3) is 0.462. The Labute approximate surface area is 115 Å². The molecule has 0 aliphatic rings. The summed E-state index contributed by atoms with van der Waals surface area (Å²) in [6.07, 6.45) is 0.619. The number of carboxylic acid groups (broad SMARTS) is 1. The molecule has 1 unspecified atom stereocenters. The summed E-state index contributed by atoms with van der Waals surface area (Å²) >= 11 is 3.28. The fourth-order valence-electron chi connectivity index (χ4n) is 1.59. The Hall–Kier alpha value is -1.07. The first kappa shape index (κ1) is 15.0. The van der Waals surface area contributed by atoms with Crippen LogP contribution >= 0.6 is 15.9 Å². The van der Waals surface area contributed by atoms with Crippen molar-refractivity contribution in [2.24, 2.45) is 0 Å². The highest BCUT2D eigenvalue weighted by atomic mass is 79.9. The molecule has 0 heterocycles. The Balaban J connectivity index is 2.96. The van der Waals surface area contributed by atoms with Crippen LogP contribution in [0.1, 0.15) is 29.3 Å². The lowest BCUT2D eigenvalue weighted by atomic mass is 10.1. The molecule has 0 radical (unpaired) electrons. The largest absolute Gasteiger partial charge is 0.489 e. The molecule has 18 heavy (non-hydrogen) atoms. The van der Waals surface area contributed by atoms with Gasteiger partial charge in [0.15, 0.2) is 0 Å². The third-order valence-corrected chi connectivity index (χ3v) is 2.98. The van der Waals surface area contributed by atoms with E-state index >= 15 is 0 Å². The SMILES string of the molecule is COCCC(C)Oc1c(C)cc(Br)cc1C(=O)O. The summed E-state index contributed by atoms with van der Waals surface area (Å²) in [7, 11) is 1.63. The molecule has 0 aliphatic carbocycles. The first-order valence-electron chi connectivity index (χ1n) is 5.64. The molecule has 100 valence electrons. The number of benzene rings is 1.